The zero-order valence-corrected chi connectivity index (χ0v) is 12.8. The summed E-state index contributed by atoms with van der Waals surface area (Å²) in [7, 11) is 3.26. The van der Waals surface area contributed by atoms with E-state index in [9.17, 15) is 0 Å². The lowest BCUT2D eigenvalue weighted by molar-refractivity contribution is 0.386. The van der Waals surface area contributed by atoms with Gasteiger partial charge in [-0.15, -0.1) is 11.8 Å². The predicted molar refractivity (Wildman–Crippen MR) is 83.3 cm³/mol. The van der Waals surface area contributed by atoms with Gasteiger partial charge >= 0.3 is 0 Å². The Bertz CT molecular complexity index is 786. The molecule has 0 saturated carbocycles. The van der Waals surface area contributed by atoms with Crippen molar-refractivity contribution in [3.8, 4) is 22.9 Å². The zero-order chi connectivity index (χ0) is 14.8. The number of aromatic nitrogens is 3. The Hall–Kier alpha value is -2.21. The van der Waals surface area contributed by atoms with Gasteiger partial charge in [-0.3, -0.25) is 0 Å². The number of imidazole rings is 1. The first-order chi connectivity index (χ1) is 10.3. The van der Waals surface area contributed by atoms with Crippen molar-refractivity contribution in [2.75, 3.05) is 20.5 Å². The van der Waals surface area contributed by atoms with Crippen LogP contribution in [0.2, 0.25) is 0 Å². The van der Waals surface area contributed by atoms with E-state index in [1.807, 2.05) is 42.7 Å². The number of ether oxygens (including phenoxy) is 2. The van der Waals surface area contributed by atoms with Crippen molar-refractivity contribution in [2.45, 2.75) is 5.03 Å². The molecule has 0 aliphatic rings. The van der Waals surface area contributed by atoms with Crippen LogP contribution in [-0.4, -0.2) is 35.1 Å². The van der Waals surface area contributed by atoms with E-state index >= 15 is 0 Å². The minimum absolute atomic E-state index is 0.602. The molecule has 0 amide bonds. The molecule has 0 spiro atoms. The van der Waals surface area contributed by atoms with Gasteiger partial charge in [-0.05, 0) is 30.5 Å². The molecule has 3 aromatic rings. The van der Waals surface area contributed by atoms with Gasteiger partial charge in [-0.25, -0.2) is 4.98 Å². The van der Waals surface area contributed by atoms with E-state index in [0.29, 0.717) is 5.88 Å². The minimum Gasteiger partial charge on any atom is -0.496 e. The molecule has 1 aromatic carbocycles. The summed E-state index contributed by atoms with van der Waals surface area (Å²) in [6, 6.07) is 11.6. The summed E-state index contributed by atoms with van der Waals surface area (Å²) in [5.74, 6) is 1.36. The SMILES string of the molecule is COc1ccccc1-c1nc2ccc(SC)nn2c1OC. The summed E-state index contributed by atoms with van der Waals surface area (Å²) in [4.78, 5) is 4.62. The average molecular weight is 301 g/mol. The van der Waals surface area contributed by atoms with Crippen LogP contribution < -0.4 is 9.47 Å². The fourth-order valence-corrected chi connectivity index (χ4v) is 2.57. The Labute approximate surface area is 126 Å². The van der Waals surface area contributed by atoms with Crippen molar-refractivity contribution in [3.05, 3.63) is 36.4 Å². The van der Waals surface area contributed by atoms with Crippen molar-refractivity contribution in [2.24, 2.45) is 0 Å². The lowest BCUT2D eigenvalue weighted by Crippen LogP contribution is -1.97. The van der Waals surface area contributed by atoms with Gasteiger partial charge < -0.3 is 9.47 Å². The molecule has 0 aliphatic carbocycles. The molecule has 0 N–H and O–H groups in total. The number of rotatable bonds is 4. The van der Waals surface area contributed by atoms with Gasteiger partial charge in [0.2, 0.25) is 5.88 Å². The molecule has 6 heteroatoms. The molecule has 0 aliphatic heterocycles. The minimum atomic E-state index is 0.602. The van der Waals surface area contributed by atoms with E-state index in [4.69, 9.17) is 9.47 Å². The summed E-state index contributed by atoms with van der Waals surface area (Å²) < 4.78 is 12.7. The van der Waals surface area contributed by atoms with Crippen LogP contribution in [0.5, 0.6) is 11.6 Å². The van der Waals surface area contributed by atoms with Gasteiger partial charge in [-0.1, -0.05) is 12.1 Å². The third kappa shape index (κ3) is 2.31. The molecule has 21 heavy (non-hydrogen) atoms. The molecule has 0 fully saturated rings. The summed E-state index contributed by atoms with van der Waals surface area (Å²) in [5.41, 5.74) is 2.35. The molecule has 0 bridgehead atoms. The Kier molecular flexibility index (Phi) is 3.70. The highest BCUT2D eigenvalue weighted by atomic mass is 32.2. The Morgan fingerprint density at radius 1 is 1.05 bits per heavy atom. The molecule has 3 rings (SSSR count). The zero-order valence-electron chi connectivity index (χ0n) is 12.0. The molecule has 2 heterocycles. The fourth-order valence-electron chi connectivity index (χ4n) is 2.20. The maximum absolute atomic E-state index is 5.53. The second kappa shape index (κ2) is 5.65. The highest BCUT2D eigenvalue weighted by Crippen LogP contribution is 2.36. The standard InChI is InChI=1S/C15H15N3O2S/c1-19-11-7-5-4-6-10(11)14-15(20-2)18-12(16-14)8-9-13(17-18)21-3/h4-9H,1-3H3. The van der Waals surface area contributed by atoms with Crippen LogP contribution in [0.15, 0.2) is 41.4 Å². The number of nitrogens with zero attached hydrogens (tertiary/aromatic N) is 3. The molecular weight excluding hydrogens is 286 g/mol. The fraction of sp³-hybridized carbons (Fsp3) is 0.200. The van der Waals surface area contributed by atoms with E-state index in [2.05, 4.69) is 10.1 Å². The predicted octanol–water partition coefficient (Wildman–Crippen LogP) is 3.14. The number of benzene rings is 1. The number of methoxy groups -OCH3 is 2. The van der Waals surface area contributed by atoms with Crippen LogP contribution in [0.1, 0.15) is 0 Å². The third-order valence-electron chi connectivity index (χ3n) is 3.18. The van der Waals surface area contributed by atoms with Crippen molar-refractivity contribution in [3.63, 3.8) is 0 Å². The summed E-state index contributed by atoms with van der Waals surface area (Å²) >= 11 is 1.58. The third-order valence-corrected chi connectivity index (χ3v) is 3.81. The molecule has 0 unspecified atom stereocenters. The number of hydrogen-bond donors (Lipinski definition) is 0. The summed E-state index contributed by atoms with van der Waals surface area (Å²) in [6.45, 7) is 0. The molecule has 108 valence electrons. The van der Waals surface area contributed by atoms with Crippen molar-refractivity contribution < 1.29 is 9.47 Å². The highest BCUT2D eigenvalue weighted by Gasteiger charge is 2.18. The second-order valence-corrected chi connectivity index (χ2v) is 5.14. The van der Waals surface area contributed by atoms with E-state index in [0.717, 1.165) is 27.7 Å². The van der Waals surface area contributed by atoms with Gasteiger partial charge in [0.25, 0.3) is 0 Å². The van der Waals surface area contributed by atoms with Crippen LogP contribution >= 0.6 is 11.8 Å². The summed E-state index contributed by atoms with van der Waals surface area (Å²) in [5, 5.41) is 5.42. The lowest BCUT2D eigenvalue weighted by atomic mass is 10.1. The summed E-state index contributed by atoms with van der Waals surface area (Å²) in [6.07, 6.45) is 1.98. The lowest BCUT2D eigenvalue weighted by Gasteiger charge is -2.07. The largest absolute Gasteiger partial charge is 0.496 e. The number of thioether (sulfide) groups is 1. The van der Waals surface area contributed by atoms with E-state index in [-0.39, 0.29) is 0 Å². The Morgan fingerprint density at radius 2 is 1.86 bits per heavy atom. The first-order valence-corrected chi connectivity index (χ1v) is 7.62. The van der Waals surface area contributed by atoms with E-state index < -0.39 is 0 Å². The van der Waals surface area contributed by atoms with Crippen LogP contribution in [0, 0.1) is 0 Å². The van der Waals surface area contributed by atoms with Gasteiger partial charge in [0.15, 0.2) is 5.65 Å². The molecule has 5 nitrogen and oxygen atoms in total. The van der Waals surface area contributed by atoms with Crippen molar-refractivity contribution in [1.29, 1.82) is 0 Å². The van der Waals surface area contributed by atoms with Crippen molar-refractivity contribution in [1.82, 2.24) is 14.6 Å². The topological polar surface area (TPSA) is 48.7 Å². The van der Waals surface area contributed by atoms with E-state index in [1.54, 1.807) is 30.5 Å². The van der Waals surface area contributed by atoms with Crippen LogP contribution in [0.3, 0.4) is 0 Å². The van der Waals surface area contributed by atoms with Crippen LogP contribution in [0.4, 0.5) is 0 Å². The number of fused-ring (bicyclic) bond motifs is 1. The Balaban J connectivity index is 2.27. The quantitative estimate of drug-likeness (QED) is 0.693. The maximum atomic E-state index is 5.53. The molecule has 0 saturated heterocycles. The first-order valence-electron chi connectivity index (χ1n) is 6.39. The van der Waals surface area contributed by atoms with E-state index in [1.165, 1.54) is 0 Å². The monoisotopic (exact) mass is 301 g/mol. The molecule has 2 aromatic heterocycles. The van der Waals surface area contributed by atoms with Crippen LogP contribution in [-0.2, 0) is 0 Å². The average Bonchev–Trinajstić information content (AvgIpc) is 2.91. The van der Waals surface area contributed by atoms with Crippen molar-refractivity contribution >= 4 is 17.4 Å². The van der Waals surface area contributed by atoms with Gasteiger partial charge in [0, 0.05) is 5.56 Å². The second-order valence-electron chi connectivity index (χ2n) is 4.32. The highest BCUT2D eigenvalue weighted by molar-refractivity contribution is 7.98. The molecule has 0 radical (unpaired) electrons. The number of hydrogen-bond acceptors (Lipinski definition) is 5. The van der Waals surface area contributed by atoms with Gasteiger partial charge in [-0.2, -0.15) is 9.61 Å². The molecule has 0 atom stereocenters. The smallest absolute Gasteiger partial charge is 0.243 e. The Morgan fingerprint density at radius 3 is 2.57 bits per heavy atom. The normalized spacial score (nSPS) is 10.8. The first kappa shape index (κ1) is 13.8. The maximum Gasteiger partial charge on any atom is 0.243 e. The van der Waals surface area contributed by atoms with Gasteiger partial charge in [0.1, 0.15) is 16.5 Å². The van der Waals surface area contributed by atoms with Crippen LogP contribution in [0.25, 0.3) is 16.9 Å². The number of para-hydroxylation sites is 1. The molecular formula is C15H15N3O2S. The van der Waals surface area contributed by atoms with Gasteiger partial charge in [0.05, 0.1) is 14.2 Å².